The first-order chi connectivity index (χ1) is 7.63. The number of aliphatic imine (C=N–C) groups is 1. The Labute approximate surface area is 91.9 Å². The maximum atomic E-state index is 11.5. The average Bonchev–Trinajstić information content (AvgIpc) is 2.60. The Morgan fingerprint density at radius 3 is 2.81 bits per heavy atom. The molecule has 2 rings (SSSR count). The predicted molar refractivity (Wildman–Crippen MR) is 54.9 cm³/mol. The van der Waals surface area contributed by atoms with Gasteiger partial charge < -0.3 is 5.32 Å². The van der Waals surface area contributed by atoms with Crippen molar-refractivity contribution >= 4 is 23.7 Å². The minimum Gasteiger partial charge on any atom is -0.310 e. The number of urea groups is 2. The Balaban J connectivity index is 2.20. The van der Waals surface area contributed by atoms with Gasteiger partial charge in [0.15, 0.2) is 11.9 Å². The van der Waals surface area contributed by atoms with E-state index < -0.39 is 24.1 Å². The SMILES string of the molecule is CCCCN1C(=O)NC(=O)C2=NC(=O)NC21. The molecule has 16 heavy (non-hydrogen) atoms. The van der Waals surface area contributed by atoms with Crippen LogP contribution in [-0.4, -0.2) is 41.3 Å². The molecule has 7 heteroatoms. The molecule has 1 atom stereocenters. The fraction of sp³-hybridized carbons (Fsp3) is 0.556. The van der Waals surface area contributed by atoms with Crippen LogP contribution in [-0.2, 0) is 4.79 Å². The number of rotatable bonds is 3. The van der Waals surface area contributed by atoms with Gasteiger partial charge in [0.1, 0.15) is 0 Å². The number of unbranched alkanes of at least 4 members (excludes halogenated alkanes) is 1. The van der Waals surface area contributed by atoms with Crippen molar-refractivity contribution in [1.82, 2.24) is 15.5 Å². The van der Waals surface area contributed by atoms with Crippen LogP contribution in [0.3, 0.4) is 0 Å². The van der Waals surface area contributed by atoms with Gasteiger partial charge in [-0.25, -0.2) is 9.59 Å². The number of nitrogens with one attached hydrogen (secondary N) is 2. The van der Waals surface area contributed by atoms with Crippen molar-refractivity contribution in [1.29, 1.82) is 0 Å². The normalized spacial score (nSPS) is 23.8. The number of hydrogen-bond acceptors (Lipinski definition) is 3. The molecule has 0 aliphatic carbocycles. The summed E-state index contributed by atoms with van der Waals surface area (Å²) in [5.41, 5.74) is 0.0701. The third-order valence-corrected chi connectivity index (χ3v) is 2.52. The van der Waals surface area contributed by atoms with Crippen molar-refractivity contribution in [2.24, 2.45) is 4.99 Å². The highest BCUT2D eigenvalue weighted by Gasteiger charge is 2.42. The van der Waals surface area contributed by atoms with Crippen LogP contribution in [0, 0.1) is 0 Å². The largest absolute Gasteiger partial charge is 0.343 e. The number of nitrogens with zero attached hydrogens (tertiary/aromatic N) is 2. The fourth-order valence-corrected chi connectivity index (χ4v) is 1.70. The topological polar surface area (TPSA) is 90.9 Å². The van der Waals surface area contributed by atoms with E-state index in [-0.39, 0.29) is 5.71 Å². The molecule has 7 nitrogen and oxygen atoms in total. The van der Waals surface area contributed by atoms with E-state index in [0.29, 0.717) is 6.54 Å². The first-order valence-corrected chi connectivity index (χ1v) is 5.14. The second-order valence-corrected chi connectivity index (χ2v) is 3.66. The third kappa shape index (κ3) is 1.64. The van der Waals surface area contributed by atoms with Gasteiger partial charge in [-0.15, -0.1) is 0 Å². The van der Waals surface area contributed by atoms with E-state index in [1.807, 2.05) is 6.92 Å². The monoisotopic (exact) mass is 224 g/mol. The quantitative estimate of drug-likeness (QED) is 0.697. The summed E-state index contributed by atoms with van der Waals surface area (Å²) in [7, 11) is 0. The fourth-order valence-electron chi connectivity index (χ4n) is 1.70. The molecule has 0 bridgehead atoms. The predicted octanol–water partition coefficient (Wildman–Crippen LogP) is -0.171. The van der Waals surface area contributed by atoms with E-state index >= 15 is 0 Å². The number of amides is 5. The molecule has 2 heterocycles. The Morgan fingerprint density at radius 1 is 1.38 bits per heavy atom. The van der Waals surface area contributed by atoms with Crippen molar-refractivity contribution < 1.29 is 14.4 Å². The molecule has 0 aromatic rings. The summed E-state index contributed by atoms with van der Waals surface area (Å²) in [4.78, 5) is 38.9. The van der Waals surface area contributed by atoms with Crippen molar-refractivity contribution in [3.8, 4) is 0 Å². The maximum absolute atomic E-state index is 11.5. The number of carbonyl (C=O) groups excluding carboxylic acids is 3. The van der Waals surface area contributed by atoms with E-state index in [0.717, 1.165) is 12.8 Å². The van der Waals surface area contributed by atoms with Crippen LogP contribution in [0.2, 0.25) is 0 Å². The number of imide groups is 1. The number of hydrogen-bond donors (Lipinski definition) is 2. The van der Waals surface area contributed by atoms with Crippen LogP contribution in [0.1, 0.15) is 19.8 Å². The van der Waals surface area contributed by atoms with Gasteiger partial charge in [0.25, 0.3) is 5.91 Å². The van der Waals surface area contributed by atoms with Crippen LogP contribution < -0.4 is 10.6 Å². The standard InChI is InChI=1S/C9H12N4O3/c1-2-3-4-13-6-5(10-8(15)11-6)7(14)12-9(13)16/h6H,2-4H2,1H3,(H,11,15)(H,12,14,16). The summed E-state index contributed by atoms with van der Waals surface area (Å²) in [5.74, 6) is -0.596. The Kier molecular flexibility index (Phi) is 2.59. The zero-order valence-electron chi connectivity index (χ0n) is 8.82. The second-order valence-electron chi connectivity index (χ2n) is 3.66. The molecule has 0 spiro atoms. The molecule has 0 radical (unpaired) electrons. The highest BCUT2D eigenvalue weighted by Crippen LogP contribution is 2.12. The van der Waals surface area contributed by atoms with Crippen LogP contribution >= 0.6 is 0 Å². The van der Waals surface area contributed by atoms with Crippen LogP contribution in [0.25, 0.3) is 0 Å². The summed E-state index contributed by atoms with van der Waals surface area (Å²) in [6.07, 6.45) is 1.03. The van der Waals surface area contributed by atoms with Crippen molar-refractivity contribution in [3.05, 3.63) is 0 Å². The van der Waals surface area contributed by atoms with Gasteiger partial charge in [0, 0.05) is 6.54 Å². The van der Waals surface area contributed by atoms with Crippen molar-refractivity contribution in [2.75, 3.05) is 6.54 Å². The summed E-state index contributed by atoms with van der Waals surface area (Å²) in [6.45, 7) is 2.48. The molecule has 1 fully saturated rings. The highest BCUT2D eigenvalue weighted by molar-refractivity contribution is 6.47. The van der Waals surface area contributed by atoms with Crippen LogP contribution in [0.4, 0.5) is 9.59 Å². The molecular weight excluding hydrogens is 212 g/mol. The second kappa shape index (κ2) is 3.92. The third-order valence-electron chi connectivity index (χ3n) is 2.52. The Bertz CT molecular complexity index is 390. The van der Waals surface area contributed by atoms with Gasteiger partial charge in [-0.2, -0.15) is 4.99 Å². The zero-order chi connectivity index (χ0) is 11.7. The minimum atomic E-state index is -0.694. The first kappa shape index (κ1) is 10.6. The molecule has 0 aromatic heterocycles. The Hall–Kier alpha value is -1.92. The van der Waals surface area contributed by atoms with E-state index in [1.165, 1.54) is 4.90 Å². The lowest BCUT2D eigenvalue weighted by atomic mass is 10.2. The van der Waals surface area contributed by atoms with Crippen LogP contribution in [0.15, 0.2) is 4.99 Å². The number of carbonyl (C=O) groups is 3. The zero-order valence-corrected chi connectivity index (χ0v) is 8.82. The van der Waals surface area contributed by atoms with E-state index in [1.54, 1.807) is 0 Å². The van der Waals surface area contributed by atoms with E-state index in [9.17, 15) is 14.4 Å². The lowest BCUT2D eigenvalue weighted by molar-refractivity contribution is -0.114. The molecule has 1 saturated heterocycles. The molecule has 2 aliphatic heterocycles. The Morgan fingerprint density at radius 2 is 2.12 bits per heavy atom. The number of fused-ring (bicyclic) bond motifs is 1. The summed E-state index contributed by atoms with van der Waals surface area (Å²) < 4.78 is 0. The molecular formula is C9H12N4O3. The minimum absolute atomic E-state index is 0.0701. The average molecular weight is 224 g/mol. The molecule has 5 amide bonds. The molecule has 0 saturated carbocycles. The first-order valence-electron chi connectivity index (χ1n) is 5.14. The summed E-state index contributed by atoms with van der Waals surface area (Å²) in [6, 6.07) is -1.06. The van der Waals surface area contributed by atoms with Crippen LogP contribution in [0.5, 0.6) is 0 Å². The van der Waals surface area contributed by atoms with Gasteiger partial charge in [-0.1, -0.05) is 13.3 Å². The highest BCUT2D eigenvalue weighted by atomic mass is 16.2. The molecule has 2 aliphatic rings. The van der Waals surface area contributed by atoms with Gasteiger partial charge in [-0.05, 0) is 6.42 Å². The van der Waals surface area contributed by atoms with Gasteiger partial charge in [-0.3, -0.25) is 15.0 Å². The van der Waals surface area contributed by atoms with Crippen molar-refractivity contribution in [2.45, 2.75) is 25.9 Å². The maximum Gasteiger partial charge on any atom is 0.343 e. The van der Waals surface area contributed by atoms with Crippen molar-refractivity contribution in [3.63, 3.8) is 0 Å². The molecule has 0 aromatic carbocycles. The van der Waals surface area contributed by atoms with Gasteiger partial charge >= 0.3 is 12.1 Å². The molecule has 86 valence electrons. The van der Waals surface area contributed by atoms with Gasteiger partial charge in [0.2, 0.25) is 0 Å². The smallest absolute Gasteiger partial charge is 0.310 e. The lowest BCUT2D eigenvalue weighted by Crippen LogP contribution is -2.63. The summed E-state index contributed by atoms with van der Waals surface area (Å²) in [5, 5.41) is 4.63. The molecule has 2 N–H and O–H groups in total. The van der Waals surface area contributed by atoms with E-state index in [2.05, 4.69) is 15.6 Å². The summed E-state index contributed by atoms with van der Waals surface area (Å²) >= 11 is 0. The molecule has 1 unspecified atom stereocenters. The van der Waals surface area contributed by atoms with Gasteiger partial charge in [0.05, 0.1) is 0 Å². The van der Waals surface area contributed by atoms with E-state index in [4.69, 9.17) is 0 Å². The lowest BCUT2D eigenvalue weighted by Gasteiger charge is -2.32.